The van der Waals surface area contributed by atoms with Crippen molar-refractivity contribution in [1.29, 1.82) is 0 Å². The maximum absolute atomic E-state index is 12.5. The SMILES string of the molecule is O=C(NC1CCC(C(=O)O)CC1)c1ccccc1OCC1CC1. The fourth-order valence-corrected chi connectivity index (χ4v) is 3.02. The van der Waals surface area contributed by atoms with Crippen LogP contribution in [0.2, 0.25) is 0 Å². The summed E-state index contributed by atoms with van der Waals surface area (Å²) in [5.74, 6) is 0.148. The predicted octanol–water partition coefficient (Wildman–Crippen LogP) is 2.85. The maximum Gasteiger partial charge on any atom is 0.306 e. The zero-order chi connectivity index (χ0) is 16.2. The number of carboxylic acid groups (broad SMARTS) is 1. The van der Waals surface area contributed by atoms with Gasteiger partial charge in [0.2, 0.25) is 0 Å². The molecule has 2 aliphatic carbocycles. The van der Waals surface area contributed by atoms with Crippen LogP contribution in [0.1, 0.15) is 48.9 Å². The summed E-state index contributed by atoms with van der Waals surface area (Å²) in [6.45, 7) is 0.675. The van der Waals surface area contributed by atoms with E-state index in [1.807, 2.05) is 18.2 Å². The fourth-order valence-electron chi connectivity index (χ4n) is 3.02. The second-order valence-electron chi connectivity index (χ2n) is 6.61. The molecule has 0 heterocycles. The van der Waals surface area contributed by atoms with Crippen LogP contribution in [0.25, 0.3) is 0 Å². The largest absolute Gasteiger partial charge is 0.492 e. The average Bonchev–Trinajstić information content (AvgIpc) is 3.38. The third kappa shape index (κ3) is 4.24. The number of ether oxygens (including phenoxy) is 1. The summed E-state index contributed by atoms with van der Waals surface area (Å²) < 4.78 is 5.78. The first-order chi connectivity index (χ1) is 11.1. The summed E-state index contributed by atoms with van der Waals surface area (Å²) in [5, 5.41) is 12.1. The van der Waals surface area contributed by atoms with Crippen molar-refractivity contribution in [1.82, 2.24) is 5.32 Å². The van der Waals surface area contributed by atoms with E-state index in [2.05, 4.69) is 5.32 Å². The van der Waals surface area contributed by atoms with E-state index in [-0.39, 0.29) is 17.9 Å². The molecule has 124 valence electrons. The number of nitrogens with one attached hydrogen (secondary N) is 1. The van der Waals surface area contributed by atoms with Gasteiger partial charge in [0.25, 0.3) is 5.91 Å². The van der Waals surface area contributed by atoms with Gasteiger partial charge in [-0.3, -0.25) is 9.59 Å². The number of para-hydroxylation sites is 1. The Hall–Kier alpha value is -2.04. The van der Waals surface area contributed by atoms with E-state index in [1.165, 1.54) is 12.8 Å². The Morgan fingerprint density at radius 1 is 1.09 bits per heavy atom. The molecule has 2 aliphatic rings. The second-order valence-corrected chi connectivity index (χ2v) is 6.61. The lowest BCUT2D eigenvalue weighted by Crippen LogP contribution is -2.38. The lowest BCUT2D eigenvalue weighted by Gasteiger charge is -2.27. The van der Waals surface area contributed by atoms with E-state index < -0.39 is 5.97 Å². The van der Waals surface area contributed by atoms with E-state index in [9.17, 15) is 9.59 Å². The summed E-state index contributed by atoms with van der Waals surface area (Å²) in [6, 6.07) is 7.37. The van der Waals surface area contributed by atoms with Crippen molar-refractivity contribution in [2.45, 2.75) is 44.6 Å². The highest BCUT2D eigenvalue weighted by Gasteiger charge is 2.28. The molecule has 0 aromatic heterocycles. The van der Waals surface area contributed by atoms with Gasteiger partial charge in [-0.2, -0.15) is 0 Å². The van der Waals surface area contributed by atoms with Crippen molar-refractivity contribution >= 4 is 11.9 Å². The van der Waals surface area contributed by atoms with Crippen LogP contribution in [-0.2, 0) is 4.79 Å². The maximum atomic E-state index is 12.5. The highest BCUT2D eigenvalue weighted by Crippen LogP contribution is 2.30. The number of aliphatic carboxylic acids is 1. The summed E-state index contributed by atoms with van der Waals surface area (Å²) in [6.07, 6.45) is 5.10. The molecular weight excluding hydrogens is 294 g/mol. The third-order valence-corrected chi connectivity index (χ3v) is 4.71. The quantitative estimate of drug-likeness (QED) is 0.846. The summed E-state index contributed by atoms with van der Waals surface area (Å²) in [5.41, 5.74) is 0.563. The molecule has 0 aliphatic heterocycles. The average molecular weight is 317 g/mol. The number of hydrogen-bond donors (Lipinski definition) is 2. The van der Waals surface area contributed by atoms with Crippen molar-refractivity contribution in [3.63, 3.8) is 0 Å². The lowest BCUT2D eigenvalue weighted by atomic mass is 9.86. The number of benzene rings is 1. The Bertz CT molecular complexity index is 574. The van der Waals surface area contributed by atoms with Gasteiger partial charge in [0, 0.05) is 6.04 Å². The van der Waals surface area contributed by atoms with Crippen LogP contribution in [0.4, 0.5) is 0 Å². The van der Waals surface area contributed by atoms with Crippen LogP contribution < -0.4 is 10.1 Å². The first-order valence-corrected chi connectivity index (χ1v) is 8.39. The number of rotatable bonds is 6. The summed E-state index contributed by atoms with van der Waals surface area (Å²) >= 11 is 0. The van der Waals surface area contributed by atoms with Gasteiger partial charge in [0.05, 0.1) is 18.1 Å². The normalized spacial score (nSPS) is 24.0. The molecule has 5 heteroatoms. The molecular formula is C18H23NO4. The fraction of sp³-hybridized carbons (Fsp3) is 0.556. The molecule has 2 N–H and O–H groups in total. The highest BCUT2D eigenvalue weighted by molar-refractivity contribution is 5.97. The molecule has 0 atom stereocenters. The molecule has 1 amide bonds. The first kappa shape index (κ1) is 15.8. The van der Waals surface area contributed by atoms with Crippen LogP contribution >= 0.6 is 0 Å². The Balaban J connectivity index is 1.56. The molecule has 1 aromatic rings. The van der Waals surface area contributed by atoms with Gasteiger partial charge >= 0.3 is 5.97 Å². The van der Waals surface area contributed by atoms with Crippen molar-refractivity contribution in [3.05, 3.63) is 29.8 Å². The summed E-state index contributed by atoms with van der Waals surface area (Å²) in [4.78, 5) is 23.5. The molecule has 5 nitrogen and oxygen atoms in total. The van der Waals surface area contributed by atoms with Gasteiger partial charge in [-0.05, 0) is 56.6 Å². The lowest BCUT2D eigenvalue weighted by molar-refractivity contribution is -0.142. The van der Waals surface area contributed by atoms with Crippen molar-refractivity contribution in [2.24, 2.45) is 11.8 Å². The number of amides is 1. The van der Waals surface area contributed by atoms with Gasteiger partial charge in [-0.1, -0.05) is 12.1 Å². The molecule has 0 bridgehead atoms. The van der Waals surface area contributed by atoms with Gasteiger partial charge < -0.3 is 15.2 Å². The van der Waals surface area contributed by atoms with E-state index in [0.29, 0.717) is 49.5 Å². The monoisotopic (exact) mass is 317 g/mol. The topological polar surface area (TPSA) is 75.6 Å². The second kappa shape index (κ2) is 7.02. The van der Waals surface area contributed by atoms with Crippen molar-refractivity contribution in [3.8, 4) is 5.75 Å². The Kier molecular flexibility index (Phi) is 4.84. The minimum absolute atomic E-state index is 0.0505. The van der Waals surface area contributed by atoms with Gasteiger partial charge in [0.15, 0.2) is 0 Å². The van der Waals surface area contributed by atoms with Crippen molar-refractivity contribution in [2.75, 3.05) is 6.61 Å². The number of carbonyl (C=O) groups excluding carboxylic acids is 1. The van der Waals surface area contributed by atoms with E-state index in [0.717, 1.165) is 0 Å². The standard InChI is InChI=1S/C18H23NO4/c20-17(19-14-9-7-13(8-10-14)18(21)22)15-3-1-2-4-16(15)23-11-12-5-6-12/h1-4,12-14H,5-11H2,(H,19,20)(H,21,22). The Labute approximate surface area is 136 Å². The summed E-state index contributed by atoms with van der Waals surface area (Å²) in [7, 11) is 0. The van der Waals surface area contributed by atoms with Gasteiger partial charge in [-0.25, -0.2) is 0 Å². The molecule has 0 unspecified atom stereocenters. The molecule has 23 heavy (non-hydrogen) atoms. The number of hydrogen-bond acceptors (Lipinski definition) is 3. The van der Waals surface area contributed by atoms with E-state index in [4.69, 9.17) is 9.84 Å². The molecule has 0 radical (unpaired) electrons. The van der Waals surface area contributed by atoms with E-state index in [1.54, 1.807) is 6.07 Å². The minimum Gasteiger partial charge on any atom is -0.492 e. The number of carbonyl (C=O) groups is 2. The molecule has 2 saturated carbocycles. The molecule has 3 rings (SSSR count). The highest BCUT2D eigenvalue weighted by atomic mass is 16.5. The van der Waals surface area contributed by atoms with Crippen LogP contribution in [0.15, 0.2) is 24.3 Å². The minimum atomic E-state index is -0.728. The zero-order valence-corrected chi connectivity index (χ0v) is 13.2. The first-order valence-electron chi connectivity index (χ1n) is 8.39. The Morgan fingerprint density at radius 3 is 2.43 bits per heavy atom. The van der Waals surface area contributed by atoms with Crippen LogP contribution in [0.5, 0.6) is 5.75 Å². The van der Waals surface area contributed by atoms with Crippen LogP contribution in [0.3, 0.4) is 0 Å². The molecule has 2 fully saturated rings. The molecule has 1 aromatic carbocycles. The molecule has 0 spiro atoms. The van der Waals surface area contributed by atoms with Crippen LogP contribution in [-0.4, -0.2) is 29.6 Å². The number of carboxylic acids is 1. The van der Waals surface area contributed by atoms with Crippen molar-refractivity contribution < 1.29 is 19.4 Å². The Morgan fingerprint density at radius 2 is 1.78 bits per heavy atom. The third-order valence-electron chi connectivity index (χ3n) is 4.71. The zero-order valence-electron chi connectivity index (χ0n) is 13.2. The van der Waals surface area contributed by atoms with Gasteiger partial charge in [-0.15, -0.1) is 0 Å². The van der Waals surface area contributed by atoms with Gasteiger partial charge in [0.1, 0.15) is 5.75 Å². The molecule has 0 saturated heterocycles. The van der Waals surface area contributed by atoms with E-state index >= 15 is 0 Å². The predicted molar refractivity (Wildman–Crippen MR) is 85.5 cm³/mol. The smallest absolute Gasteiger partial charge is 0.306 e. The van der Waals surface area contributed by atoms with Crippen LogP contribution in [0, 0.1) is 11.8 Å².